The van der Waals surface area contributed by atoms with Crippen molar-refractivity contribution in [3.05, 3.63) is 60.2 Å². The van der Waals surface area contributed by atoms with Crippen LogP contribution in [-0.4, -0.2) is 6.61 Å². The molecule has 0 radical (unpaired) electrons. The predicted octanol–water partition coefficient (Wildman–Crippen LogP) is 5.92. The van der Waals surface area contributed by atoms with E-state index < -0.39 is 0 Å². The molecule has 2 aromatic carbocycles. The van der Waals surface area contributed by atoms with Gasteiger partial charge in [-0.05, 0) is 61.4 Å². The van der Waals surface area contributed by atoms with Crippen molar-refractivity contribution in [2.75, 3.05) is 6.61 Å². The lowest BCUT2D eigenvalue weighted by Gasteiger charge is -2.43. The van der Waals surface area contributed by atoms with Crippen LogP contribution in [0.3, 0.4) is 0 Å². The maximum atomic E-state index is 6.31. The number of rotatable bonds is 4. The van der Waals surface area contributed by atoms with Gasteiger partial charge in [0.05, 0.1) is 12.2 Å². The van der Waals surface area contributed by atoms with Gasteiger partial charge in [0.2, 0.25) is 0 Å². The molecule has 122 valence electrons. The van der Waals surface area contributed by atoms with Crippen LogP contribution in [0.15, 0.2) is 54.6 Å². The molecule has 23 heavy (non-hydrogen) atoms. The Morgan fingerprint density at radius 2 is 1.70 bits per heavy atom. The van der Waals surface area contributed by atoms with E-state index in [-0.39, 0.29) is 5.60 Å². The van der Waals surface area contributed by atoms with Gasteiger partial charge >= 0.3 is 0 Å². The summed E-state index contributed by atoms with van der Waals surface area (Å²) in [5, 5.41) is 0. The van der Waals surface area contributed by atoms with Gasteiger partial charge in [-0.2, -0.15) is 0 Å². The molecular formula is C21H26O2. The molecule has 1 saturated heterocycles. The Labute approximate surface area is 139 Å². The zero-order valence-corrected chi connectivity index (χ0v) is 14.3. The van der Waals surface area contributed by atoms with Gasteiger partial charge < -0.3 is 9.47 Å². The molecule has 0 aliphatic carbocycles. The van der Waals surface area contributed by atoms with Crippen LogP contribution in [0.4, 0.5) is 0 Å². The van der Waals surface area contributed by atoms with Crippen molar-refractivity contribution in [2.45, 2.75) is 45.6 Å². The first kappa shape index (κ1) is 16.1. The molecule has 2 nitrogen and oxygen atoms in total. The second kappa shape index (κ2) is 6.37. The maximum Gasteiger partial charge on any atom is 0.127 e. The first-order chi connectivity index (χ1) is 11.0. The Balaban J connectivity index is 1.77. The van der Waals surface area contributed by atoms with Crippen molar-refractivity contribution in [3.8, 4) is 11.5 Å². The SMILES string of the molecule is CCC1(C)CCC(C)(c2cccc(Oc3ccccc3)c2)OC1. The minimum atomic E-state index is -0.218. The van der Waals surface area contributed by atoms with Crippen LogP contribution >= 0.6 is 0 Å². The van der Waals surface area contributed by atoms with Gasteiger partial charge in [0.1, 0.15) is 11.5 Å². The van der Waals surface area contributed by atoms with Gasteiger partial charge in [-0.3, -0.25) is 0 Å². The van der Waals surface area contributed by atoms with Gasteiger partial charge in [-0.1, -0.05) is 44.2 Å². The second-order valence-electron chi connectivity index (χ2n) is 7.13. The highest BCUT2D eigenvalue weighted by atomic mass is 16.5. The number of para-hydroxylation sites is 1. The van der Waals surface area contributed by atoms with Crippen molar-refractivity contribution in [1.29, 1.82) is 0 Å². The molecule has 0 aromatic heterocycles. The Hall–Kier alpha value is -1.80. The molecule has 1 fully saturated rings. The summed E-state index contributed by atoms with van der Waals surface area (Å²) >= 11 is 0. The van der Waals surface area contributed by atoms with Crippen molar-refractivity contribution < 1.29 is 9.47 Å². The number of hydrogen-bond donors (Lipinski definition) is 0. The Kier molecular flexibility index (Phi) is 4.45. The summed E-state index contributed by atoms with van der Waals surface area (Å²) in [5.41, 5.74) is 1.30. The van der Waals surface area contributed by atoms with Crippen LogP contribution in [0.2, 0.25) is 0 Å². The van der Waals surface area contributed by atoms with E-state index in [0.29, 0.717) is 5.41 Å². The fourth-order valence-electron chi connectivity index (χ4n) is 3.04. The third kappa shape index (κ3) is 3.59. The largest absolute Gasteiger partial charge is 0.457 e. The third-order valence-electron chi connectivity index (χ3n) is 5.22. The number of benzene rings is 2. The van der Waals surface area contributed by atoms with E-state index in [1.807, 2.05) is 36.4 Å². The van der Waals surface area contributed by atoms with E-state index in [2.05, 4.69) is 39.0 Å². The molecule has 0 N–H and O–H groups in total. The van der Waals surface area contributed by atoms with Gasteiger partial charge in [0, 0.05) is 0 Å². The normalized spacial score (nSPS) is 27.6. The molecule has 1 aliphatic heterocycles. The van der Waals surface area contributed by atoms with E-state index in [0.717, 1.165) is 24.5 Å². The molecule has 1 aliphatic rings. The van der Waals surface area contributed by atoms with E-state index in [9.17, 15) is 0 Å². The second-order valence-corrected chi connectivity index (χ2v) is 7.13. The summed E-state index contributed by atoms with van der Waals surface area (Å²) in [6.45, 7) is 7.59. The lowest BCUT2D eigenvalue weighted by molar-refractivity contribution is -0.124. The molecule has 0 bridgehead atoms. The number of ether oxygens (including phenoxy) is 2. The summed E-state index contributed by atoms with van der Waals surface area (Å²) in [6, 6.07) is 18.2. The molecule has 0 saturated carbocycles. The van der Waals surface area contributed by atoms with Crippen molar-refractivity contribution in [3.63, 3.8) is 0 Å². The summed E-state index contributed by atoms with van der Waals surface area (Å²) < 4.78 is 12.3. The van der Waals surface area contributed by atoms with Gasteiger partial charge in [-0.15, -0.1) is 0 Å². The first-order valence-corrected chi connectivity index (χ1v) is 8.50. The Morgan fingerprint density at radius 1 is 0.957 bits per heavy atom. The standard InChI is InChI=1S/C21H26O2/c1-4-20(2)13-14-21(3,22-16-20)17-9-8-12-19(15-17)23-18-10-6-5-7-11-18/h5-12,15H,4,13-14,16H2,1-3H3. The molecule has 0 spiro atoms. The monoisotopic (exact) mass is 310 g/mol. The predicted molar refractivity (Wildman–Crippen MR) is 93.9 cm³/mol. The van der Waals surface area contributed by atoms with E-state index in [4.69, 9.17) is 9.47 Å². The topological polar surface area (TPSA) is 18.5 Å². The van der Waals surface area contributed by atoms with Crippen LogP contribution in [-0.2, 0) is 10.3 Å². The molecule has 0 amide bonds. The van der Waals surface area contributed by atoms with E-state index >= 15 is 0 Å². The lowest BCUT2D eigenvalue weighted by Crippen LogP contribution is -2.39. The number of hydrogen-bond acceptors (Lipinski definition) is 2. The van der Waals surface area contributed by atoms with Crippen LogP contribution in [0.1, 0.15) is 45.6 Å². The Morgan fingerprint density at radius 3 is 2.35 bits per heavy atom. The van der Waals surface area contributed by atoms with Crippen LogP contribution < -0.4 is 4.74 Å². The summed E-state index contributed by atoms with van der Waals surface area (Å²) in [5.74, 6) is 1.72. The average Bonchev–Trinajstić information content (AvgIpc) is 2.59. The lowest BCUT2D eigenvalue weighted by atomic mass is 9.76. The van der Waals surface area contributed by atoms with Gasteiger partial charge in [-0.25, -0.2) is 0 Å². The van der Waals surface area contributed by atoms with Crippen molar-refractivity contribution in [2.24, 2.45) is 5.41 Å². The maximum absolute atomic E-state index is 6.31. The van der Waals surface area contributed by atoms with Gasteiger partial charge in [0.25, 0.3) is 0 Å². The highest BCUT2D eigenvalue weighted by Crippen LogP contribution is 2.43. The fraction of sp³-hybridized carbons (Fsp3) is 0.429. The van der Waals surface area contributed by atoms with Gasteiger partial charge in [0.15, 0.2) is 0 Å². The zero-order valence-electron chi connectivity index (χ0n) is 14.3. The highest BCUT2D eigenvalue weighted by Gasteiger charge is 2.38. The molecule has 1 heterocycles. The van der Waals surface area contributed by atoms with E-state index in [1.165, 1.54) is 18.4 Å². The smallest absolute Gasteiger partial charge is 0.127 e. The van der Waals surface area contributed by atoms with Crippen LogP contribution in [0, 0.1) is 5.41 Å². The van der Waals surface area contributed by atoms with Crippen molar-refractivity contribution >= 4 is 0 Å². The Bertz CT molecular complexity index is 640. The zero-order chi connectivity index (χ0) is 16.3. The summed E-state index contributed by atoms with van der Waals surface area (Å²) in [6.07, 6.45) is 3.41. The molecule has 2 atom stereocenters. The fourth-order valence-corrected chi connectivity index (χ4v) is 3.04. The van der Waals surface area contributed by atoms with Crippen LogP contribution in [0.5, 0.6) is 11.5 Å². The van der Waals surface area contributed by atoms with Crippen molar-refractivity contribution in [1.82, 2.24) is 0 Å². The molecule has 2 unspecified atom stereocenters. The quantitative estimate of drug-likeness (QED) is 0.697. The molecular weight excluding hydrogens is 284 g/mol. The highest BCUT2D eigenvalue weighted by molar-refractivity contribution is 5.36. The first-order valence-electron chi connectivity index (χ1n) is 8.50. The van der Waals surface area contributed by atoms with Crippen LogP contribution in [0.25, 0.3) is 0 Å². The minimum Gasteiger partial charge on any atom is -0.457 e. The van der Waals surface area contributed by atoms with E-state index in [1.54, 1.807) is 0 Å². The molecule has 2 aromatic rings. The molecule has 3 rings (SSSR count). The summed E-state index contributed by atoms with van der Waals surface area (Å²) in [7, 11) is 0. The minimum absolute atomic E-state index is 0.218. The third-order valence-corrected chi connectivity index (χ3v) is 5.22. The summed E-state index contributed by atoms with van der Waals surface area (Å²) in [4.78, 5) is 0. The average molecular weight is 310 g/mol. The molecule has 2 heteroatoms.